The molecule has 3 aromatic rings. The smallest absolute Gasteiger partial charge is 0.318 e. The fraction of sp³-hybridized carbons (Fsp3) is 0.485. The fourth-order valence-corrected chi connectivity index (χ4v) is 6.86. The molecule has 0 N–H and O–H groups in total. The number of rotatable bonds is 10. The van der Waals surface area contributed by atoms with E-state index >= 15 is 0 Å². The maximum Gasteiger partial charge on any atom is 0.318 e. The lowest BCUT2D eigenvalue weighted by Gasteiger charge is -2.42. The maximum atomic E-state index is 12.8. The van der Waals surface area contributed by atoms with E-state index in [4.69, 9.17) is 38.9 Å². The van der Waals surface area contributed by atoms with Crippen molar-refractivity contribution in [3.05, 3.63) is 59.0 Å². The van der Waals surface area contributed by atoms with E-state index in [-0.39, 0.29) is 31.0 Å². The van der Waals surface area contributed by atoms with Crippen molar-refractivity contribution in [1.82, 2.24) is 24.8 Å². The summed E-state index contributed by atoms with van der Waals surface area (Å²) in [5, 5.41) is 12.2. The number of likely N-dealkylation sites (N-methyl/N-ethyl adjacent to an activating group) is 1. The van der Waals surface area contributed by atoms with Gasteiger partial charge in [0.15, 0.2) is 0 Å². The van der Waals surface area contributed by atoms with Crippen molar-refractivity contribution in [3.8, 4) is 12.1 Å². The van der Waals surface area contributed by atoms with Crippen LogP contribution in [0, 0.1) is 11.3 Å². The second-order valence-corrected chi connectivity index (χ2v) is 13.7. The van der Waals surface area contributed by atoms with Crippen LogP contribution >= 0.6 is 24.2 Å². The lowest BCUT2D eigenvalue weighted by Crippen LogP contribution is -2.55. The number of nitrogens with zero attached hydrogens (tertiary/aromatic N) is 8. The molecular weight excluding hydrogens is 627 g/mol. The Labute approximate surface area is 279 Å². The molecule has 1 aliphatic carbocycles. The number of pyridine rings is 1. The number of fused-ring (bicyclic) bond motifs is 2. The number of hydrogen-bond donors (Lipinski definition) is 1. The molecule has 2 atom stereocenters. The van der Waals surface area contributed by atoms with Gasteiger partial charge in [0.25, 0.3) is 0 Å². The zero-order valence-corrected chi connectivity index (χ0v) is 27.7. The largest absolute Gasteiger partial charge is 0.461 e. The first-order valence-electron chi connectivity index (χ1n) is 15.6. The minimum Gasteiger partial charge on any atom is -0.461 e. The standard InChI is InChI=1S/C33H38ClFN8O2S/c1-33(46,40(2)23-8-9-23)21-45-32-38-27-20-41(28-18-37-17-22-5-3-6-26(34)30(22)28)14-11-25(27)31(39-32)42-15-16-43(24(19-42)10-13-36)29(44)7-4-12-35/h3-7,17-18,23-24,46H,8-12,14-16,19-21H2,1-2H3/b7-4+/t24-,33-/m0/s1. The predicted molar refractivity (Wildman–Crippen MR) is 180 cm³/mol. The molecule has 13 heteroatoms. The summed E-state index contributed by atoms with van der Waals surface area (Å²) in [4.78, 5) is 34.9. The van der Waals surface area contributed by atoms with E-state index in [9.17, 15) is 14.4 Å². The number of amides is 1. The summed E-state index contributed by atoms with van der Waals surface area (Å²) in [6.07, 6.45) is 9.22. The van der Waals surface area contributed by atoms with Crippen molar-refractivity contribution >= 4 is 52.4 Å². The topological polar surface area (TPSA) is 102 Å². The highest BCUT2D eigenvalue weighted by molar-refractivity contribution is 7.81. The first kappa shape index (κ1) is 32.3. The van der Waals surface area contributed by atoms with Crippen LogP contribution in [0.3, 0.4) is 0 Å². The van der Waals surface area contributed by atoms with Crippen molar-refractivity contribution in [3.63, 3.8) is 0 Å². The van der Waals surface area contributed by atoms with Gasteiger partial charge in [0.2, 0.25) is 5.91 Å². The van der Waals surface area contributed by atoms with Crippen LogP contribution in [0.4, 0.5) is 15.9 Å². The summed E-state index contributed by atoms with van der Waals surface area (Å²) < 4.78 is 19.0. The summed E-state index contributed by atoms with van der Waals surface area (Å²) in [5.41, 5.74) is 2.79. The van der Waals surface area contributed by atoms with Gasteiger partial charge in [0.05, 0.1) is 52.5 Å². The van der Waals surface area contributed by atoms with Crippen molar-refractivity contribution < 1.29 is 13.9 Å². The molecular formula is C33H38ClFN8O2S. The summed E-state index contributed by atoms with van der Waals surface area (Å²) in [5.74, 6) is 0.455. The first-order chi connectivity index (χ1) is 22.2. The molecule has 2 aliphatic heterocycles. The Bertz CT molecular complexity index is 1670. The molecule has 6 rings (SSSR count). The third kappa shape index (κ3) is 6.73. The number of hydrogen-bond acceptors (Lipinski definition) is 10. The van der Waals surface area contributed by atoms with Crippen LogP contribution in [-0.4, -0.2) is 94.1 Å². The van der Waals surface area contributed by atoms with E-state index in [2.05, 4.69) is 32.8 Å². The van der Waals surface area contributed by atoms with Gasteiger partial charge in [-0.1, -0.05) is 23.7 Å². The molecule has 242 valence electrons. The minimum absolute atomic E-state index is 0.149. The molecule has 1 amide bonds. The van der Waals surface area contributed by atoms with Crippen LogP contribution in [0.15, 0.2) is 42.7 Å². The Kier molecular flexibility index (Phi) is 9.54. The Hall–Kier alpha value is -3.66. The highest BCUT2D eigenvalue weighted by Crippen LogP contribution is 2.38. The number of alkyl halides is 1. The molecule has 10 nitrogen and oxygen atoms in total. The van der Waals surface area contributed by atoms with Gasteiger partial charge in [-0.3, -0.25) is 14.7 Å². The quantitative estimate of drug-likeness (QED) is 0.186. The van der Waals surface area contributed by atoms with Crippen molar-refractivity contribution in [2.24, 2.45) is 0 Å². The monoisotopic (exact) mass is 664 g/mol. The number of carbonyl (C=O) groups is 1. The number of benzene rings is 1. The summed E-state index contributed by atoms with van der Waals surface area (Å²) >= 11 is 11.6. The molecule has 0 radical (unpaired) electrons. The van der Waals surface area contributed by atoms with Gasteiger partial charge in [-0.2, -0.15) is 27.9 Å². The van der Waals surface area contributed by atoms with E-state index in [1.807, 2.05) is 37.5 Å². The number of aromatic nitrogens is 3. The average Bonchev–Trinajstić information content (AvgIpc) is 3.91. The maximum absolute atomic E-state index is 12.8. The molecule has 4 heterocycles. The molecule has 46 heavy (non-hydrogen) atoms. The molecule has 3 aliphatic rings. The number of nitriles is 1. The summed E-state index contributed by atoms with van der Waals surface area (Å²) in [7, 11) is 2.06. The number of anilines is 2. The van der Waals surface area contributed by atoms with E-state index in [1.165, 1.54) is 12.2 Å². The van der Waals surface area contributed by atoms with Gasteiger partial charge in [0, 0.05) is 60.8 Å². The van der Waals surface area contributed by atoms with Gasteiger partial charge in [-0.05, 0) is 45.4 Å². The van der Waals surface area contributed by atoms with Gasteiger partial charge in [-0.25, -0.2) is 4.39 Å². The normalized spacial score (nSPS) is 19.8. The third-order valence-corrected chi connectivity index (χ3v) is 9.91. The lowest BCUT2D eigenvalue weighted by atomic mass is 10.0. The lowest BCUT2D eigenvalue weighted by molar-refractivity contribution is -0.128. The molecule has 0 unspecified atom stereocenters. The van der Waals surface area contributed by atoms with Crippen LogP contribution < -0.4 is 14.5 Å². The second-order valence-electron chi connectivity index (χ2n) is 12.3. The Morgan fingerprint density at radius 3 is 2.85 bits per heavy atom. The molecule has 0 bridgehead atoms. The Balaban J connectivity index is 1.33. The highest BCUT2D eigenvalue weighted by Gasteiger charge is 2.38. The Morgan fingerprint density at radius 2 is 2.09 bits per heavy atom. The average molecular weight is 665 g/mol. The van der Waals surface area contributed by atoms with E-state index in [0.717, 1.165) is 46.4 Å². The number of piperazine rings is 1. The zero-order chi connectivity index (χ0) is 32.4. The van der Waals surface area contributed by atoms with Crippen LogP contribution in [0.25, 0.3) is 10.8 Å². The number of ether oxygens (including phenoxy) is 1. The van der Waals surface area contributed by atoms with Crippen molar-refractivity contribution in [1.29, 1.82) is 5.26 Å². The summed E-state index contributed by atoms with van der Waals surface area (Å²) in [6.45, 7) is 4.09. The van der Waals surface area contributed by atoms with Gasteiger partial charge in [0.1, 0.15) is 19.1 Å². The van der Waals surface area contributed by atoms with Gasteiger partial charge in [-0.15, -0.1) is 0 Å². The summed E-state index contributed by atoms with van der Waals surface area (Å²) in [6, 6.07) is 8.41. The fourth-order valence-electron chi connectivity index (χ4n) is 6.35. The van der Waals surface area contributed by atoms with Crippen molar-refractivity contribution in [2.45, 2.75) is 56.1 Å². The Morgan fingerprint density at radius 1 is 1.26 bits per heavy atom. The van der Waals surface area contributed by atoms with Crippen LogP contribution in [0.2, 0.25) is 5.02 Å². The number of halogens is 2. The highest BCUT2D eigenvalue weighted by atomic mass is 35.5. The molecule has 1 saturated heterocycles. The molecule has 2 aromatic heterocycles. The second kappa shape index (κ2) is 13.6. The molecule has 1 saturated carbocycles. The van der Waals surface area contributed by atoms with Crippen LogP contribution in [0.5, 0.6) is 6.01 Å². The van der Waals surface area contributed by atoms with Crippen LogP contribution in [-0.2, 0) is 17.8 Å². The number of thiol groups is 1. The first-order valence-corrected chi connectivity index (χ1v) is 16.4. The predicted octanol–water partition coefficient (Wildman–Crippen LogP) is 4.82. The van der Waals surface area contributed by atoms with E-state index in [0.29, 0.717) is 50.2 Å². The molecule has 1 aromatic carbocycles. The molecule has 2 fully saturated rings. The number of allylic oxidation sites excluding steroid dienone is 1. The van der Waals surface area contributed by atoms with Crippen LogP contribution in [0.1, 0.15) is 37.4 Å². The van der Waals surface area contributed by atoms with E-state index < -0.39 is 11.5 Å². The number of carbonyl (C=O) groups excluding carboxylic acids is 1. The van der Waals surface area contributed by atoms with Crippen molar-refractivity contribution in [2.75, 3.05) is 56.3 Å². The minimum atomic E-state index is -0.718. The van der Waals surface area contributed by atoms with Gasteiger partial charge < -0.3 is 19.4 Å². The van der Waals surface area contributed by atoms with E-state index in [1.54, 1.807) is 4.90 Å². The molecule has 0 spiro atoms. The third-order valence-electron chi connectivity index (χ3n) is 9.15. The zero-order valence-electron chi connectivity index (χ0n) is 26.1. The SMILES string of the molecule is CN(C1CC1)[C@@](C)(S)COc1nc2c(c(N3CCN(C(=O)/C=C/CF)[C@@H](CC#N)C3)n1)CCN(c1cncc3cccc(Cl)c13)C2. The van der Waals surface area contributed by atoms with Gasteiger partial charge >= 0.3 is 6.01 Å².